The summed E-state index contributed by atoms with van der Waals surface area (Å²) >= 11 is 0. The van der Waals surface area contributed by atoms with Crippen LogP contribution in [0.5, 0.6) is 0 Å². The summed E-state index contributed by atoms with van der Waals surface area (Å²) in [5, 5.41) is 6.17. The van der Waals surface area contributed by atoms with Gasteiger partial charge in [-0.2, -0.15) is 9.61 Å². The second kappa shape index (κ2) is 8.47. The zero-order chi connectivity index (χ0) is 23.2. The lowest BCUT2D eigenvalue weighted by Gasteiger charge is -2.16. The van der Waals surface area contributed by atoms with Gasteiger partial charge in [-0.3, -0.25) is 0 Å². The van der Waals surface area contributed by atoms with Crippen LogP contribution in [-0.2, 0) is 6.54 Å². The maximum absolute atomic E-state index is 5.08. The van der Waals surface area contributed by atoms with Crippen LogP contribution in [0.15, 0.2) is 18.2 Å². The molecule has 32 heavy (non-hydrogen) atoms. The molecule has 0 N–H and O–H groups in total. The van der Waals surface area contributed by atoms with E-state index in [2.05, 4.69) is 87.6 Å². The summed E-state index contributed by atoms with van der Waals surface area (Å²) in [4.78, 5) is 5.08. The highest BCUT2D eigenvalue weighted by atomic mass is 15.3. The molecule has 166 valence electrons. The fraction of sp³-hybridized carbons (Fsp3) is 0.429. The van der Waals surface area contributed by atoms with Crippen LogP contribution in [0.3, 0.4) is 0 Å². The Labute approximate surface area is 191 Å². The molecular weight excluding hydrogens is 392 g/mol. The van der Waals surface area contributed by atoms with Gasteiger partial charge < -0.3 is 4.57 Å². The number of rotatable bonds is 5. The average molecular weight is 427 g/mol. The quantitative estimate of drug-likeness (QED) is 0.333. The lowest BCUT2D eigenvalue weighted by molar-refractivity contribution is 0.421. The van der Waals surface area contributed by atoms with Crippen molar-refractivity contribution in [2.45, 2.75) is 74.8 Å². The minimum atomic E-state index is 0.601. The summed E-state index contributed by atoms with van der Waals surface area (Å²) < 4.78 is 4.44. The summed E-state index contributed by atoms with van der Waals surface area (Å²) in [6, 6.07) is 6.69. The number of aromatic nitrogens is 4. The van der Waals surface area contributed by atoms with Gasteiger partial charge in [0.25, 0.3) is 0 Å². The maximum Gasteiger partial charge on any atom is 0.165 e. The maximum atomic E-state index is 5.08. The Balaban J connectivity index is 2.11. The normalized spacial score (nSPS) is 11.5. The van der Waals surface area contributed by atoms with E-state index in [4.69, 9.17) is 10.1 Å². The molecule has 0 saturated carbocycles. The predicted molar refractivity (Wildman–Crippen MR) is 134 cm³/mol. The summed E-state index contributed by atoms with van der Waals surface area (Å²) in [5.74, 6) is 7.04. The fourth-order valence-corrected chi connectivity index (χ4v) is 5.11. The molecule has 0 unspecified atom stereocenters. The first-order valence-corrected chi connectivity index (χ1v) is 11.7. The second-order valence-corrected chi connectivity index (χ2v) is 9.10. The fourth-order valence-electron chi connectivity index (χ4n) is 5.11. The lowest BCUT2D eigenvalue weighted by Crippen LogP contribution is -2.13. The van der Waals surface area contributed by atoms with Gasteiger partial charge in [0.05, 0.1) is 22.6 Å². The van der Waals surface area contributed by atoms with Crippen LogP contribution in [0.25, 0.3) is 27.8 Å². The van der Waals surface area contributed by atoms with Crippen molar-refractivity contribution < 1.29 is 0 Å². The molecule has 1 aromatic carbocycles. The SMILES string of the molecule is CC#Cc1cc2c(C)nc3c(-c4c(C)cc(C)cc4C)c(C)nn3c2n1CC(CC)CC. The van der Waals surface area contributed by atoms with E-state index in [-0.39, 0.29) is 0 Å². The first kappa shape index (κ1) is 22.1. The molecule has 0 bridgehead atoms. The second-order valence-electron chi connectivity index (χ2n) is 9.10. The molecule has 0 fully saturated rings. The third-order valence-electron chi connectivity index (χ3n) is 6.74. The molecule has 0 atom stereocenters. The van der Waals surface area contributed by atoms with Gasteiger partial charge in [-0.25, -0.2) is 4.98 Å². The van der Waals surface area contributed by atoms with Crippen molar-refractivity contribution in [2.24, 2.45) is 5.92 Å². The van der Waals surface area contributed by atoms with Gasteiger partial charge in [-0.1, -0.05) is 50.3 Å². The van der Waals surface area contributed by atoms with Gasteiger partial charge in [0.15, 0.2) is 5.65 Å². The minimum absolute atomic E-state index is 0.601. The van der Waals surface area contributed by atoms with E-state index < -0.39 is 0 Å². The van der Waals surface area contributed by atoms with Crippen molar-refractivity contribution in [1.82, 2.24) is 19.2 Å². The number of fused-ring (bicyclic) bond motifs is 3. The number of benzene rings is 1. The smallest absolute Gasteiger partial charge is 0.165 e. The molecule has 4 nitrogen and oxygen atoms in total. The van der Waals surface area contributed by atoms with Gasteiger partial charge in [-0.15, -0.1) is 0 Å². The molecule has 0 spiro atoms. The topological polar surface area (TPSA) is 35.1 Å². The zero-order valence-electron chi connectivity index (χ0n) is 20.7. The van der Waals surface area contributed by atoms with E-state index in [0.717, 1.165) is 58.7 Å². The van der Waals surface area contributed by atoms with Crippen molar-refractivity contribution in [2.75, 3.05) is 0 Å². The van der Waals surface area contributed by atoms with E-state index >= 15 is 0 Å². The highest BCUT2D eigenvalue weighted by Gasteiger charge is 2.23. The molecular formula is C28H34N4. The zero-order valence-corrected chi connectivity index (χ0v) is 20.7. The number of aryl methyl sites for hydroxylation is 5. The summed E-state index contributed by atoms with van der Waals surface area (Å²) in [6.07, 6.45) is 2.29. The van der Waals surface area contributed by atoms with E-state index in [0.29, 0.717) is 5.92 Å². The molecule has 3 aromatic heterocycles. The van der Waals surface area contributed by atoms with Gasteiger partial charge in [-0.05, 0) is 76.1 Å². The lowest BCUT2D eigenvalue weighted by atomic mass is 9.94. The van der Waals surface area contributed by atoms with Gasteiger partial charge in [0, 0.05) is 11.9 Å². The molecule has 0 saturated heterocycles. The van der Waals surface area contributed by atoms with E-state index in [9.17, 15) is 0 Å². The highest BCUT2D eigenvalue weighted by Crippen LogP contribution is 2.36. The Kier molecular flexibility index (Phi) is 5.86. The summed E-state index contributed by atoms with van der Waals surface area (Å²) in [5.41, 5.74) is 11.3. The molecule has 0 aliphatic carbocycles. The molecule has 4 aromatic rings. The predicted octanol–water partition coefficient (Wildman–Crippen LogP) is 6.70. The third kappa shape index (κ3) is 3.50. The molecule has 0 amide bonds. The monoisotopic (exact) mass is 426 g/mol. The third-order valence-corrected chi connectivity index (χ3v) is 6.74. The van der Waals surface area contributed by atoms with Gasteiger partial charge >= 0.3 is 0 Å². The minimum Gasteiger partial charge on any atom is -0.318 e. The first-order valence-electron chi connectivity index (χ1n) is 11.7. The van der Waals surface area contributed by atoms with Crippen LogP contribution >= 0.6 is 0 Å². The molecule has 0 aliphatic rings. The van der Waals surface area contributed by atoms with Crippen molar-refractivity contribution in [3.05, 3.63) is 52.0 Å². The van der Waals surface area contributed by atoms with Crippen molar-refractivity contribution in [1.29, 1.82) is 0 Å². The Bertz CT molecular complexity index is 1360. The van der Waals surface area contributed by atoms with Gasteiger partial charge in [0.1, 0.15) is 5.65 Å². The number of hydrogen-bond donors (Lipinski definition) is 0. The van der Waals surface area contributed by atoms with Crippen LogP contribution in [0.2, 0.25) is 0 Å². The van der Waals surface area contributed by atoms with Crippen LogP contribution in [0, 0.1) is 52.4 Å². The Morgan fingerprint density at radius 3 is 2.16 bits per heavy atom. The highest BCUT2D eigenvalue weighted by molar-refractivity contribution is 5.90. The van der Waals surface area contributed by atoms with Crippen LogP contribution < -0.4 is 0 Å². The Morgan fingerprint density at radius 2 is 1.56 bits per heavy atom. The molecule has 0 aliphatic heterocycles. The summed E-state index contributed by atoms with van der Waals surface area (Å²) in [6.45, 7) is 18.1. The van der Waals surface area contributed by atoms with Crippen molar-refractivity contribution in [3.8, 4) is 23.0 Å². The molecule has 0 radical (unpaired) electrons. The largest absolute Gasteiger partial charge is 0.318 e. The molecule has 4 heteroatoms. The number of nitrogens with zero attached hydrogens (tertiary/aromatic N) is 4. The van der Waals surface area contributed by atoms with E-state index in [1.807, 2.05) is 6.92 Å². The molecule has 4 rings (SSSR count). The van der Waals surface area contributed by atoms with E-state index in [1.54, 1.807) is 0 Å². The van der Waals surface area contributed by atoms with Crippen LogP contribution in [0.4, 0.5) is 0 Å². The van der Waals surface area contributed by atoms with Crippen LogP contribution in [0.1, 0.15) is 67.4 Å². The van der Waals surface area contributed by atoms with Crippen molar-refractivity contribution in [3.63, 3.8) is 0 Å². The van der Waals surface area contributed by atoms with E-state index in [1.165, 1.54) is 22.3 Å². The number of hydrogen-bond acceptors (Lipinski definition) is 2. The average Bonchev–Trinajstić information content (AvgIpc) is 3.24. The van der Waals surface area contributed by atoms with Gasteiger partial charge in [0.2, 0.25) is 0 Å². The first-order chi connectivity index (χ1) is 15.3. The Hall–Kier alpha value is -3.06. The Morgan fingerprint density at radius 1 is 0.906 bits per heavy atom. The molecule has 3 heterocycles. The van der Waals surface area contributed by atoms with Crippen LogP contribution in [-0.4, -0.2) is 19.2 Å². The standard InChI is InChI=1S/C28H34N4/c1-9-12-23-15-24-20(7)29-27-26(25-18(5)13-17(4)14-19(25)6)21(8)30-32(27)28(24)31(23)16-22(10-2)11-3/h13-15,22H,10-11,16H2,1-8H3. The van der Waals surface area contributed by atoms with Crippen molar-refractivity contribution >= 4 is 16.7 Å². The summed E-state index contributed by atoms with van der Waals surface area (Å²) in [7, 11) is 0.